The van der Waals surface area contributed by atoms with Crippen LogP contribution in [0.4, 0.5) is 0 Å². The molecule has 5 unspecified atom stereocenters. The van der Waals surface area contributed by atoms with Gasteiger partial charge in [-0.2, -0.15) is 0 Å². The third-order valence-electron chi connectivity index (χ3n) is 7.30. The zero-order valence-electron chi connectivity index (χ0n) is 29.5. The third-order valence-corrected chi connectivity index (χ3v) is 7.30. The molecular formula is C35H75O6P2S+. The van der Waals surface area contributed by atoms with Crippen LogP contribution in [-0.4, -0.2) is 65.5 Å². The normalized spacial score (nSPS) is 17.5. The molecule has 5 atom stereocenters. The highest BCUT2D eigenvalue weighted by Gasteiger charge is 2.13. The molecule has 2 aliphatic rings. The van der Waals surface area contributed by atoms with Crippen molar-refractivity contribution < 1.29 is 28.8 Å². The Morgan fingerprint density at radius 2 is 1.43 bits per heavy atom. The minimum Gasteiger partial charge on any atom is -0.502 e. The number of aliphatic hydroxyl groups excluding tert-OH is 1. The first-order chi connectivity index (χ1) is 21.4. The van der Waals surface area contributed by atoms with Crippen LogP contribution in [0.3, 0.4) is 0 Å². The van der Waals surface area contributed by atoms with Gasteiger partial charge in [-0.15, -0.1) is 0 Å². The second-order valence-electron chi connectivity index (χ2n) is 11.6. The van der Waals surface area contributed by atoms with Crippen LogP contribution in [0.25, 0.3) is 0 Å². The smallest absolute Gasteiger partial charge is 0.355 e. The van der Waals surface area contributed by atoms with Crippen LogP contribution in [0.5, 0.6) is 0 Å². The van der Waals surface area contributed by atoms with Gasteiger partial charge in [-0.3, -0.25) is 0 Å². The van der Waals surface area contributed by atoms with E-state index in [9.17, 15) is 0 Å². The lowest BCUT2D eigenvalue weighted by atomic mass is 9.98. The topological polar surface area (TPSA) is 66.4 Å². The van der Waals surface area contributed by atoms with Crippen molar-refractivity contribution in [3.8, 4) is 0 Å². The molecule has 0 aromatic heterocycles. The van der Waals surface area contributed by atoms with Crippen LogP contribution in [0, 0.1) is 11.8 Å². The summed E-state index contributed by atoms with van der Waals surface area (Å²) < 4.78 is 33.2. The van der Waals surface area contributed by atoms with Gasteiger partial charge >= 0.3 is 1.28 Å². The van der Waals surface area contributed by atoms with Gasteiger partial charge in [0.15, 0.2) is 25.1 Å². The summed E-state index contributed by atoms with van der Waals surface area (Å²) in [6.07, 6.45) is 25.3. The van der Waals surface area contributed by atoms with Crippen LogP contribution >= 0.6 is 15.9 Å². The van der Waals surface area contributed by atoms with E-state index in [4.69, 9.17) is 30.1 Å². The van der Waals surface area contributed by atoms with E-state index in [0.717, 1.165) is 51.1 Å². The van der Waals surface area contributed by atoms with Gasteiger partial charge < -0.3 is 28.8 Å². The average Bonchev–Trinajstić information content (AvgIpc) is 3.03. The zero-order valence-corrected chi connectivity index (χ0v) is 31.4. The first kappa shape index (κ1) is 46.4. The number of allylic oxidation sites excluding steroid dienone is 1. The molecule has 0 aromatic carbocycles. The lowest BCUT2D eigenvalue weighted by Crippen LogP contribution is -2.24. The Labute approximate surface area is 284 Å². The fourth-order valence-corrected chi connectivity index (χ4v) is 4.63. The van der Waals surface area contributed by atoms with E-state index in [1.807, 2.05) is 6.08 Å². The van der Waals surface area contributed by atoms with E-state index in [-0.39, 0.29) is 20.3 Å². The number of rotatable bonds is 22. The molecule has 0 radical (unpaired) electrons. The van der Waals surface area contributed by atoms with Gasteiger partial charge in [0.2, 0.25) is 0 Å². The third kappa shape index (κ3) is 42.3. The highest BCUT2D eigenvalue weighted by atomic mass is 32.6. The van der Waals surface area contributed by atoms with Gasteiger partial charge in [-0.1, -0.05) is 99.3 Å². The van der Waals surface area contributed by atoms with Crippen molar-refractivity contribution in [2.24, 2.45) is 11.8 Å². The Morgan fingerprint density at radius 3 is 1.84 bits per heavy atom. The molecule has 1 fully saturated rings. The van der Waals surface area contributed by atoms with E-state index in [0.29, 0.717) is 19.8 Å². The zero-order chi connectivity index (χ0) is 32.9. The van der Waals surface area contributed by atoms with Crippen molar-refractivity contribution in [1.29, 1.82) is 1.28 Å². The summed E-state index contributed by atoms with van der Waals surface area (Å²) in [5, 5.41) is 8.48. The predicted octanol–water partition coefficient (Wildman–Crippen LogP) is 10.4. The molecule has 9 heteroatoms. The summed E-state index contributed by atoms with van der Waals surface area (Å²) in [4.78, 5) is 0. The molecule has 0 amide bonds. The molecule has 2 heterocycles. The summed E-state index contributed by atoms with van der Waals surface area (Å²) in [6, 6.07) is 0. The first-order valence-electron chi connectivity index (χ1n) is 17.8. The van der Waals surface area contributed by atoms with Crippen molar-refractivity contribution in [2.75, 3.05) is 52.9 Å². The molecule has 1 N–H and O–H groups in total. The summed E-state index contributed by atoms with van der Waals surface area (Å²) in [5.74, 6) is 1.74. The summed E-state index contributed by atoms with van der Waals surface area (Å²) in [5.41, 5.74) is 0. The molecule has 2 rings (SSSR count). The summed E-state index contributed by atoms with van der Waals surface area (Å²) >= 11 is 4.31. The maximum atomic E-state index is 8.48. The molecule has 6 nitrogen and oxygen atoms in total. The van der Waals surface area contributed by atoms with Gasteiger partial charge in [-0.05, 0) is 62.9 Å². The minimum absolute atomic E-state index is 0. The molecule has 0 aromatic rings. The largest absolute Gasteiger partial charge is 0.502 e. The van der Waals surface area contributed by atoms with Crippen molar-refractivity contribution in [3.63, 3.8) is 0 Å². The fraction of sp³-hybridized carbons (Fsp3) is 0.943. The number of hydrogen-bond acceptors (Lipinski definition) is 7. The van der Waals surface area contributed by atoms with Crippen LogP contribution < -0.4 is 0 Å². The van der Waals surface area contributed by atoms with Gasteiger partial charge in [0, 0.05) is 19.8 Å². The van der Waals surface area contributed by atoms with Crippen LogP contribution in [-0.2, 0) is 35.5 Å². The maximum Gasteiger partial charge on any atom is 0.355 e. The Morgan fingerprint density at radius 1 is 0.864 bits per heavy atom. The molecule has 0 saturated carbocycles. The molecule has 0 bridgehead atoms. The van der Waals surface area contributed by atoms with E-state index in [1.54, 1.807) is 6.26 Å². The fourth-order valence-electron chi connectivity index (χ4n) is 4.63. The molecular weight excluding hydrogens is 610 g/mol. The van der Waals surface area contributed by atoms with Crippen molar-refractivity contribution in [2.45, 2.75) is 151 Å². The molecule has 2 aliphatic heterocycles. The Hall–Kier alpha value is 0.290. The van der Waals surface area contributed by atoms with Crippen molar-refractivity contribution >= 4 is 27.7 Å². The van der Waals surface area contributed by atoms with Gasteiger partial charge in [0.1, 0.15) is 0 Å². The van der Waals surface area contributed by atoms with Gasteiger partial charge in [0.05, 0.1) is 48.2 Å². The predicted molar refractivity (Wildman–Crippen MR) is 200 cm³/mol. The number of hydrogen-bond donors (Lipinski definition) is 1. The second kappa shape index (κ2) is 43.3. The number of aliphatic hydroxyl groups is 1. The van der Waals surface area contributed by atoms with Crippen LogP contribution in [0.15, 0.2) is 12.3 Å². The lowest BCUT2D eigenvalue weighted by molar-refractivity contribution is -0.169. The number of unbranched alkanes of at least 4 members (excludes halogenated alkanes) is 4. The van der Waals surface area contributed by atoms with E-state index < -0.39 is 6.99 Å². The average molecular weight is 688 g/mol. The SMILES string of the molecule is C.C1=COCCC1.CCCCC(C)CCCCOCCO.CCCCC(C)CCCCOCCOC1CCCCO1.[3H][P+](P)=S. The highest BCUT2D eigenvalue weighted by molar-refractivity contribution is 8.24. The van der Waals surface area contributed by atoms with Crippen molar-refractivity contribution in [3.05, 3.63) is 12.3 Å². The highest BCUT2D eigenvalue weighted by Crippen LogP contribution is 2.16. The first-order valence-corrected chi connectivity index (χ1v) is 20.9. The summed E-state index contributed by atoms with van der Waals surface area (Å²) in [7, 11) is 2.20. The number of ether oxygens (including phenoxy) is 5. The van der Waals surface area contributed by atoms with E-state index >= 15 is 0 Å². The molecule has 266 valence electrons. The van der Waals surface area contributed by atoms with Crippen LogP contribution in [0.1, 0.15) is 144 Å². The lowest BCUT2D eigenvalue weighted by Gasteiger charge is -2.22. The van der Waals surface area contributed by atoms with Gasteiger partial charge in [-0.25, -0.2) is 0 Å². The monoisotopic (exact) mass is 687 g/mol. The second-order valence-corrected chi connectivity index (χ2v) is 14.3. The Kier molecular flexibility index (Phi) is 45.7. The quantitative estimate of drug-likeness (QED) is 0.0897. The molecule has 1 saturated heterocycles. The van der Waals surface area contributed by atoms with Crippen molar-refractivity contribution in [1.82, 2.24) is 0 Å². The summed E-state index contributed by atoms with van der Waals surface area (Å²) in [6.45, 7) is 13.8. The van der Waals surface area contributed by atoms with E-state index in [1.165, 1.54) is 96.3 Å². The Bertz CT molecular complexity index is 588. The van der Waals surface area contributed by atoms with E-state index in [2.05, 4.69) is 48.4 Å². The Balaban J connectivity index is -0.000000607. The van der Waals surface area contributed by atoms with Gasteiger partial charge in [0.25, 0.3) is 0 Å². The molecule has 0 spiro atoms. The molecule has 44 heavy (non-hydrogen) atoms. The molecule has 0 aliphatic carbocycles. The standard InChI is InChI=1S/C17H34O3.C12H26O2.C5H8O.CH4.H2P2S/c1-3-4-9-16(2)10-5-7-12-18-14-15-20-17-11-6-8-13-19-17;1-3-4-7-12(2)8-5-6-10-14-11-9-13;1-2-4-6-5-3-1;;1-2-3/h16-17H,3-15H2,1-2H3;12-13H,3-11H2,1-2H3;2,4H,1,3,5H2;1H4;1H2/p+1/i/hT. The minimum atomic E-state index is -0.870. The van der Waals surface area contributed by atoms with Crippen LogP contribution in [0.2, 0.25) is 0 Å². The maximum absolute atomic E-state index is 8.48.